The summed E-state index contributed by atoms with van der Waals surface area (Å²) in [5, 5.41) is 9.58. The first kappa shape index (κ1) is 13.9. The number of benzene rings is 1. The Morgan fingerprint density at radius 1 is 1.22 bits per heavy atom. The smallest absolute Gasteiger partial charge is 0.260 e. The Morgan fingerprint density at radius 3 is 2.83 bits per heavy atom. The van der Waals surface area contributed by atoms with Gasteiger partial charge in [-0.15, -0.1) is 11.3 Å². The van der Waals surface area contributed by atoms with E-state index >= 15 is 0 Å². The molecule has 0 unspecified atom stereocenters. The van der Waals surface area contributed by atoms with Crippen molar-refractivity contribution in [2.75, 3.05) is 0 Å². The largest absolute Gasteiger partial charge is 0.306 e. The molecule has 112 valence electrons. The number of rotatable bonds is 2. The summed E-state index contributed by atoms with van der Waals surface area (Å²) >= 11 is 1.64. The lowest BCUT2D eigenvalue weighted by atomic mass is 10.1. The van der Waals surface area contributed by atoms with Gasteiger partial charge in [-0.05, 0) is 48.6 Å². The molecule has 0 atom stereocenters. The number of nitrogens with zero attached hydrogens (tertiary/aromatic N) is 2. The maximum absolute atomic E-state index is 12.4. The third-order valence-electron chi connectivity index (χ3n) is 4.07. The van der Waals surface area contributed by atoms with E-state index in [9.17, 15) is 4.79 Å². The topological polar surface area (TPSA) is 69.5 Å². The van der Waals surface area contributed by atoms with Gasteiger partial charge in [-0.2, -0.15) is 5.26 Å². The minimum absolute atomic E-state index is 0.0473. The molecule has 0 spiro atoms. The van der Waals surface area contributed by atoms with Crippen molar-refractivity contribution in [3.63, 3.8) is 0 Å². The third kappa shape index (κ3) is 2.47. The number of hydrogen-bond acceptors (Lipinski definition) is 4. The quantitative estimate of drug-likeness (QED) is 0.785. The molecule has 3 aromatic rings. The highest BCUT2D eigenvalue weighted by molar-refractivity contribution is 7.18. The van der Waals surface area contributed by atoms with Gasteiger partial charge < -0.3 is 4.98 Å². The molecule has 23 heavy (non-hydrogen) atoms. The Balaban J connectivity index is 1.70. The zero-order valence-corrected chi connectivity index (χ0v) is 13.1. The Morgan fingerprint density at radius 2 is 2.04 bits per heavy atom. The van der Waals surface area contributed by atoms with Crippen LogP contribution in [0.15, 0.2) is 29.1 Å². The number of aryl methyl sites for hydroxylation is 2. The Labute approximate surface area is 136 Å². The average Bonchev–Trinajstić information content (AvgIpc) is 3.13. The summed E-state index contributed by atoms with van der Waals surface area (Å²) in [5.41, 5.74) is 2.74. The molecule has 0 bridgehead atoms. The standard InChI is InChI=1S/C18H13N3OS/c19-10-12-6-4-11(5-7-12)8-9-15-20-17(22)16-13-2-1-3-14(13)23-18(16)21-15/h4-9H,1-3H2,(H,20,21,22)/b9-8+. The Kier molecular flexibility index (Phi) is 3.32. The predicted molar refractivity (Wildman–Crippen MR) is 92.4 cm³/mol. The summed E-state index contributed by atoms with van der Waals surface area (Å²) in [6, 6.07) is 9.36. The summed E-state index contributed by atoms with van der Waals surface area (Å²) in [6.07, 6.45) is 6.86. The number of hydrogen-bond donors (Lipinski definition) is 1. The normalized spacial score (nSPS) is 13.5. The first-order valence-electron chi connectivity index (χ1n) is 7.47. The monoisotopic (exact) mass is 319 g/mol. The Hall–Kier alpha value is -2.71. The van der Waals surface area contributed by atoms with Crippen molar-refractivity contribution in [2.24, 2.45) is 0 Å². The van der Waals surface area contributed by atoms with Crippen molar-refractivity contribution in [1.82, 2.24) is 9.97 Å². The van der Waals surface area contributed by atoms with Crippen LogP contribution >= 0.6 is 11.3 Å². The van der Waals surface area contributed by atoms with Crippen LogP contribution in [0.5, 0.6) is 0 Å². The molecule has 0 radical (unpaired) electrons. The molecule has 4 nitrogen and oxygen atoms in total. The molecule has 5 heteroatoms. The van der Waals surface area contributed by atoms with Crippen molar-refractivity contribution >= 4 is 33.7 Å². The number of nitrogens with one attached hydrogen (secondary N) is 1. The second-order valence-electron chi connectivity index (χ2n) is 5.56. The maximum Gasteiger partial charge on any atom is 0.260 e. The molecule has 1 aromatic carbocycles. The number of fused-ring (bicyclic) bond motifs is 3. The van der Waals surface area contributed by atoms with Gasteiger partial charge in [-0.1, -0.05) is 18.2 Å². The molecular formula is C18H13N3OS. The zero-order valence-electron chi connectivity index (χ0n) is 12.3. The molecule has 1 N–H and O–H groups in total. The molecule has 0 saturated heterocycles. The van der Waals surface area contributed by atoms with E-state index in [1.54, 1.807) is 29.5 Å². The van der Waals surface area contributed by atoms with E-state index in [2.05, 4.69) is 16.0 Å². The lowest BCUT2D eigenvalue weighted by Crippen LogP contribution is -2.09. The van der Waals surface area contributed by atoms with E-state index in [0.29, 0.717) is 11.4 Å². The molecule has 0 saturated carbocycles. The van der Waals surface area contributed by atoms with Gasteiger partial charge in [0.05, 0.1) is 17.0 Å². The number of aromatic nitrogens is 2. The van der Waals surface area contributed by atoms with Crippen LogP contribution in [0, 0.1) is 11.3 Å². The van der Waals surface area contributed by atoms with Gasteiger partial charge >= 0.3 is 0 Å². The first-order chi connectivity index (χ1) is 11.2. The van der Waals surface area contributed by atoms with Gasteiger partial charge in [-0.3, -0.25) is 4.79 Å². The molecule has 1 aliphatic carbocycles. The van der Waals surface area contributed by atoms with Gasteiger partial charge in [0.1, 0.15) is 10.7 Å². The lowest BCUT2D eigenvalue weighted by Gasteiger charge is -1.97. The summed E-state index contributed by atoms with van der Waals surface area (Å²) in [6.45, 7) is 0. The summed E-state index contributed by atoms with van der Waals surface area (Å²) < 4.78 is 0. The van der Waals surface area contributed by atoms with Crippen LogP contribution in [0.1, 0.15) is 33.8 Å². The summed E-state index contributed by atoms with van der Waals surface area (Å²) in [7, 11) is 0. The van der Waals surface area contributed by atoms with Crippen molar-refractivity contribution in [2.45, 2.75) is 19.3 Å². The van der Waals surface area contributed by atoms with E-state index in [1.807, 2.05) is 18.2 Å². The van der Waals surface area contributed by atoms with E-state index in [-0.39, 0.29) is 5.56 Å². The summed E-state index contributed by atoms with van der Waals surface area (Å²) in [4.78, 5) is 21.9. The molecule has 0 aliphatic heterocycles. The van der Waals surface area contributed by atoms with Crippen LogP contribution < -0.4 is 5.56 Å². The fourth-order valence-electron chi connectivity index (χ4n) is 2.94. The Bertz CT molecular complexity index is 1020. The molecular weight excluding hydrogens is 306 g/mol. The highest BCUT2D eigenvalue weighted by Gasteiger charge is 2.20. The molecule has 1 aliphatic rings. The number of nitriles is 1. The van der Waals surface area contributed by atoms with E-state index < -0.39 is 0 Å². The molecule has 4 rings (SSSR count). The van der Waals surface area contributed by atoms with E-state index in [4.69, 9.17) is 5.26 Å². The SMILES string of the molecule is N#Cc1ccc(/C=C/c2nc3sc4c(c3c(=O)[nH]2)CCC4)cc1. The minimum atomic E-state index is -0.0473. The molecule has 0 fully saturated rings. The lowest BCUT2D eigenvalue weighted by molar-refractivity contribution is 0.916. The first-order valence-corrected chi connectivity index (χ1v) is 8.29. The fraction of sp³-hybridized carbons (Fsp3) is 0.167. The van der Waals surface area contributed by atoms with Crippen molar-refractivity contribution in [1.29, 1.82) is 5.26 Å². The van der Waals surface area contributed by atoms with Crippen LogP contribution in [-0.4, -0.2) is 9.97 Å². The highest BCUT2D eigenvalue weighted by Crippen LogP contribution is 2.34. The van der Waals surface area contributed by atoms with Gasteiger partial charge in [0.2, 0.25) is 0 Å². The molecule has 0 amide bonds. The second-order valence-corrected chi connectivity index (χ2v) is 6.64. The minimum Gasteiger partial charge on any atom is -0.306 e. The van der Waals surface area contributed by atoms with E-state index in [0.717, 1.165) is 35.0 Å². The van der Waals surface area contributed by atoms with E-state index in [1.165, 1.54) is 10.4 Å². The van der Waals surface area contributed by atoms with Crippen LogP contribution in [-0.2, 0) is 12.8 Å². The van der Waals surface area contributed by atoms with Crippen molar-refractivity contribution in [3.05, 3.63) is 62.0 Å². The van der Waals surface area contributed by atoms with Gasteiger partial charge in [-0.25, -0.2) is 4.98 Å². The number of H-pyrrole nitrogens is 1. The highest BCUT2D eigenvalue weighted by atomic mass is 32.1. The number of aromatic amines is 1. The average molecular weight is 319 g/mol. The van der Waals surface area contributed by atoms with Crippen LogP contribution in [0.2, 0.25) is 0 Å². The molecule has 2 heterocycles. The fourth-order valence-corrected chi connectivity index (χ4v) is 4.21. The molecule has 2 aromatic heterocycles. The maximum atomic E-state index is 12.4. The van der Waals surface area contributed by atoms with Crippen LogP contribution in [0.4, 0.5) is 0 Å². The number of thiophene rings is 1. The second kappa shape index (κ2) is 5.49. The summed E-state index contributed by atoms with van der Waals surface area (Å²) in [5.74, 6) is 0.562. The van der Waals surface area contributed by atoms with Crippen molar-refractivity contribution < 1.29 is 0 Å². The van der Waals surface area contributed by atoms with Crippen LogP contribution in [0.3, 0.4) is 0 Å². The third-order valence-corrected chi connectivity index (χ3v) is 5.25. The zero-order chi connectivity index (χ0) is 15.8. The van der Waals surface area contributed by atoms with Gasteiger partial charge in [0.25, 0.3) is 5.56 Å². The predicted octanol–water partition coefficient (Wildman–Crippen LogP) is 3.52. The van der Waals surface area contributed by atoms with Crippen molar-refractivity contribution in [3.8, 4) is 6.07 Å². The van der Waals surface area contributed by atoms with Gasteiger partial charge in [0, 0.05) is 4.88 Å². The van der Waals surface area contributed by atoms with Crippen LogP contribution in [0.25, 0.3) is 22.4 Å². The van der Waals surface area contributed by atoms with Gasteiger partial charge in [0.15, 0.2) is 0 Å².